The highest BCUT2D eigenvalue weighted by atomic mass is 16.5. The van der Waals surface area contributed by atoms with Crippen LogP contribution >= 0.6 is 0 Å². The molecular formula is C40H32NO+. The van der Waals surface area contributed by atoms with Crippen LogP contribution in [0.3, 0.4) is 0 Å². The summed E-state index contributed by atoms with van der Waals surface area (Å²) < 4.78 is 8.58. The molecule has 2 heteroatoms. The highest BCUT2D eigenvalue weighted by Crippen LogP contribution is 2.32. The van der Waals surface area contributed by atoms with Gasteiger partial charge in [-0.15, -0.1) is 0 Å². The second-order valence-corrected chi connectivity index (χ2v) is 10.1. The first-order chi connectivity index (χ1) is 20.7. The van der Waals surface area contributed by atoms with Crippen molar-refractivity contribution in [3.8, 4) is 22.5 Å². The van der Waals surface area contributed by atoms with Crippen molar-refractivity contribution >= 4 is 17.6 Å². The minimum absolute atomic E-state index is 0.839. The monoisotopic (exact) mass is 542 g/mol. The molecule has 6 rings (SSSR count). The molecule has 2 heterocycles. The number of hydrogen-bond acceptors (Lipinski definition) is 1. The van der Waals surface area contributed by atoms with Crippen molar-refractivity contribution in [2.45, 2.75) is 0 Å². The molecule has 202 valence electrons. The average molecular weight is 543 g/mol. The molecular weight excluding hydrogens is 510 g/mol. The summed E-state index contributed by atoms with van der Waals surface area (Å²) in [6, 6.07) is 46.0. The lowest BCUT2D eigenvalue weighted by Crippen LogP contribution is -2.34. The number of benzene rings is 4. The second-order valence-electron chi connectivity index (χ2n) is 10.1. The average Bonchev–Trinajstić information content (AvgIpc) is 3.06. The number of allylic oxidation sites excluding steroid dienone is 7. The van der Waals surface area contributed by atoms with Crippen molar-refractivity contribution in [1.29, 1.82) is 0 Å². The first-order valence-electron chi connectivity index (χ1n) is 14.2. The van der Waals surface area contributed by atoms with Crippen molar-refractivity contribution in [3.05, 3.63) is 192 Å². The van der Waals surface area contributed by atoms with Crippen LogP contribution in [0.1, 0.15) is 16.7 Å². The molecule has 5 aromatic rings. The Kier molecular flexibility index (Phi) is 8.15. The largest absolute Gasteiger partial charge is 0.456 e. The second kappa shape index (κ2) is 12.8. The Balaban J connectivity index is 1.30. The summed E-state index contributed by atoms with van der Waals surface area (Å²) in [5, 5.41) is 0. The Bertz CT molecular complexity index is 1690. The first-order valence-corrected chi connectivity index (χ1v) is 14.2. The molecule has 2 nitrogen and oxygen atoms in total. The molecule has 0 fully saturated rings. The predicted molar refractivity (Wildman–Crippen MR) is 175 cm³/mol. The van der Waals surface area contributed by atoms with Gasteiger partial charge in [-0.25, -0.2) is 0 Å². The topological polar surface area (TPSA) is 13.1 Å². The highest BCUT2D eigenvalue weighted by Gasteiger charge is 2.18. The Hall–Kier alpha value is -5.47. The van der Waals surface area contributed by atoms with Crippen molar-refractivity contribution in [3.63, 3.8) is 0 Å². The molecule has 0 spiro atoms. The molecule has 0 N–H and O–H groups in total. The van der Waals surface area contributed by atoms with Crippen LogP contribution in [0.25, 0.3) is 40.1 Å². The maximum Gasteiger partial charge on any atom is 0.213 e. The first kappa shape index (κ1) is 26.7. The summed E-state index contributed by atoms with van der Waals surface area (Å²) in [4.78, 5) is 0. The summed E-state index contributed by atoms with van der Waals surface area (Å²) in [6.45, 7) is 0. The third-order valence-corrected chi connectivity index (χ3v) is 7.20. The van der Waals surface area contributed by atoms with Gasteiger partial charge in [-0.2, -0.15) is 4.57 Å². The zero-order valence-electron chi connectivity index (χ0n) is 23.6. The van der Waals surface area contributed by atoms with Gasteiger partial charge in [-0.05, 0) is 47.6 Å². The summed E-state index contributed by atoms with van der Waals surface area (Å²) in [7, 11) is 2.13. The molecule has 0 aliphatic carbocycles. The predicted octanol–water partition coefficient (Wildman–Crippen LogP) is 9.45. The van der Waals surface area contributed by atoms with Crippen molar-refractivity contribution in [2.75, 3.05) is 0 Å². The Morgan fingerprint density at radius 2 is 0.929 bits per heavy atom. The maximum atomic E-state index is 6.32. The lowest BCUT2D eigenvalue weighted by atomic mass is 10.0. The molecule has 0 saturated carbocycles. The zero-order valence-corrected chi connectivity index (χ0v) is 23.6. The molecule has 0 atom stereocenters. The van der Waals surface area contributed by atoms with E-state index in [4.69, 9.17) is 4.74 Å². The molecule has 0 amide bonds. The standard InChI is InChI=1S/C40H32NO/c1-41-37(33-19-9-3-10-20-33)27-31(28-38(41)34-21-11-4-12-22-34)17-7-2-8-18-32-29-39(35-23-13-5-14-24-35)42-40(30-32)36-25-15-6-16-26-36/h2-30H,1H3/q+1/b8-2+,17-7+. The van der Waals surface area contributed by atoms with E-state index in [1.807, 2.05) is 36.4 Å². The summed E-state index contributed by atoms with van der Waals surface area (Å²) in [6.07, 6.45) is 14.7. The van der Waals surface area contributed by atoms with E-state index in [-0.39, 0.29) is 0 Å². The van der Waals surface area contributed by atoms with Crippen molar-refractivity contribution in [2.24, 2.45) is 7.05 Å². The fourth-order valence-corrected chi connectivity index (χ4v) is 5.05. The third-order valence-electron chi connectivity index (χ3n) is 7.20. The van der Waals surface area contributed by atoms with Crippen LogP contribution in [0.15, 0.2) is 175 Å². The van der Waals surface area contributed by atoms with E-state index in [0.29, 0.717) is 0 Å². The van der Waals surface area contributed by atoms with Gasteiger partial charge in [0.15, 0.2) is 0 Å². The number of hydrogen-bond donors (Lipinski definition) is 0. The molecule has 42 heavy (non-hydrogen) atoms. The molecule has 0 unspecified atom stereocenters. The molecule has 0 radical (unpaired) electrons. The normalized spacial score (nSPS) is 13.1. The van der Waals surface area contributed by atoms with E-state index in [9.17, 15) is 0 Å². The minimum atomic E-state index is 0.839. The van der Waals surface area contributed by atoms with Crippen LogP contribution < -0.4 is 4.57 Å². The van der Waals surface area contributed by atoms with E-state index in [0.717, 1.165) is 33.8 Å². The molecule has 4 aromatic carbocycles. The maximum absolute atomic E-state index is 6.32. The van der Waals surface area contributed by atoms with Crippen LogP contribution in [-0.4, -0.2) is 0 Å². The summed E-state index contributed by atoms with van der Waals surface area (Å²) in [5.74, 6) is 1.68. The van der Waals surface area contributed by atoms with Crippen molar-refractivity contribution in [1.82, 2.24) is 0 Å². The van der Waals surface area contributed by atoms with Crippen LogP contribution in [0.5, 0.6) is 0 Å². The summed E-state index contributed by atoms with van der Waals surface area (Å²) >= 11 is 0. The quantitative estimate of drug-likeness (QED) is 0.147. The van der Waals surface area contributed by atoms with E-state index >= 15 is 0 Å². The number of pyridine rings is 1. The molecule has 1 aliphatic heterocycles. The van der Waals surface area contributed by atoms with Crippen molar-refractivity contribution < 1.29 is 9.30 Å². The van der Waals surface area contributed by atoms with Gasteiger partial charge in [0.2, 0.25) is 11.4 Å². The van der Waals surface area contributed by atoms with Gasteiger partial charge < -0.3 is 4.74 Å². The lowest BCUT2D eigenvalue weighted by Gasteiger charge is -2.18. The van der Waals surface area contributed by atoms with Crippen LogP contribution in [0.4, 0.5) is 0 Å². The number of aromatic nitrogens is 1. The van der Waals surface area contributed by atoms with Crippen LogP contribution in [0, 0.1) is 0 Å². The van der Waals surface area contributed by atoms with E-state index < -0.39 is 0 Å². The number of rotatable bonds is 7. The van der Waals surface area contributed by atoms with Gasteiger partial charge in [0.1, 0.15) is 18.6 Å². The van der Waals surface area contributed by atoms with E-state index in [2.05, 4.69) is 151 Å². The van der Waals surface area contributed by atoms with Crippen LogP contribution in [-0.2, 0) is 11.8 Å². The fourth-order valence-electron chi connectivity index (χ4n) is 5.05. The van der Waals surface area contributed by atoms with E-state index in [1.165, 1.54) is 22.5 Å². The van der Waals surface area contributed by atoms with Gasteiger partial charge >= 0.3 is 0 Å². The molecule has 0 bridgehead atoms. The van der Waals surface area contributed by atoms with Gasteiger partial charge in [-0.1, -0.05) is 127 Å². The van der Waals surface area contributed by atoms with Gasteiger partial charge in [0.25, 0.3) is 0 Å². The Morgan fingerprint density at radius 1 is 0.500 bits per heavy atom. The Labute approximate surface area is 248 Å². The lowest BCUT2D eigenvalue weighted by molar-refractivity contribution is -0.649. The SMILES string of the molecule is C[n+]1c(-c2ccccc2)cc(/C=C/C=C/C=C2C=C(c3ccccc3)OC(c3ccccc3)=C2)cc1-c1ccccc1. The minimum Gasteiger partial charge on any atom is -0.456 e. The molecule has 0 saturated heterocycles. The zero-order chi connectivity index (χ0) is 28.6. The highest BCUT2D eigenvalue weighted by molar-refractivity contribution is 5.77. The smallest absolute Gasteiger partial charge is 0.213 e. The third kappa shape index (κ3) is 6.29. The fraction of sp³-hybridized carbons (Fsp3) is 0.0250. The number of ether oxygens (including phenoxy) is 1. The van der Waals surface area contributed by atoms with Gasteiger partial charge in [-0.3, -0.25) is 0 Å². The molecule has 1 aliphatic rings. The summed E-state index contributed by atoms with van der Waals surface area (Å²) in [5.41, 5.74) is 9.04. The number of nitrogens with zero attached hydrogens (tertiary/aromatic N) is 1. The van der Waals surface area contributed by atoms with Gasteiger partial charge in [0, 0.05) is 34.4 Å². The van der Waals surface area contributed by atoms with E-state index in [1.54, 1.807) is 0 Å². The molecule has 1 aromatic heterocycles. The van der Waals surface area contributed by atoms with Crippen LogP contribution in [0.2, 0.25) is 0 Å². The van der Waals surface area contributed by atoms with Gasteiger partial charge in [0.05, 0.1) is 0 Å². The Morgan fingerprint density at radius 3 is 1.38 bits per heavy atom.